The summed E-state index contributed by atoms with van der Waals surface area (Å²) in [6, 6.07) is 7.07. The molecule has 19 heavy (non-hydrogen) atoms. The highest BCUT2D eigenvalue weighted by Gasteiger charge is 2.38. The van der Waals surface area contributed by atoms with Gasteiger partial charge < -0.3 is 9.84 Å². The minimum Gasteiger partial charge on any atom is -0.497 e. The van der Waals surface area contributed by atoms with Gasteiger partial charge in [0.15, 0.2) is 0 Å². The molecule has 1 N–H and O–H groups in total. The molecule has 1 unspecified atom stereocenters. The van der Waals surface area contributed by atoms with Gasteiger partial charge in [0, 0.05) is 0 Å². The molecule has 5 nitrogen and oxygen atoms in total. The smallest absolute Gasteiger partial charge is 0.323 e. The van der Waals surface area contributed by atoms with Gasteiger partial charge in [0.25, 0.3) is 0 Å². The molecule has 0 bridgehead atoms. The Bertz CT molecular complexity index is 529. The number of methoxy groups -OCH3 is 1. The number of carboxylic acids is 1. The zero-order valence-electron chi connectivity index (χ0n) is 10.0. The summed E-state index contributed by atoms with van der Waals surface area (Å²) in [7, 11) is 1.56. The van der Waals surface area contributed by atoms with Gasteiger partial charge in [-0.3, -0.25) is 14.5 Å². The molecule has 0 radical (unpaired) electrons. The van der Waals surface area contributed by atoms with Gasteiger partial charge in [-0.2, -0.15) is 0 Å². The molecule has 1 aliphatic heterocycles. The second-order valence-electron chi connectivity index (χ2n) is 3.86. The maximum atomic E-state index is 12.1. The van der Waals surface area contributed by atoms with E-state index in [-0.39, 0.29) is 5.91 Å². The van der Waals surface area contributed by atoms with Gasteiger partial charge in [0.05, 0.1) is 7.11 Å². The fourth-order valence-electron chi connectivity index (χ4n) is 1.71. The lowest BCUT2D eigenvalue weighted by atomic mass is 10.1. The summed E-state index contributed by atoms with van der Waals surface area (Å²) in [6.07, 6.45) is 0. The molecule has 1 aromatic carbocycles. The van der Waals surface area contributed by atoms with Crippen molar-refractivity contribution in [3.63, 3.8) is 0 Å². The van der Waals surface area contributed by atoms with Crippen LogP contribution >= 0.6 is 24.0 Å². The minimum atomic E-state index is -1.08. The zero-order valence-corrected chi connectivity index (χ0v) is 11.7. The van der Waals surface area contributed by atoms with E-state index in [9.17, 15) is 9.59 Å². The van der Waals surface area contributed by atoms with Gasteiger partial charge in [-0.15, -0.1) is 0 Å². The number of thiocarbonyl (C=S) groups is 1. The molecular formula is C12H11NO4S2. The monoisotopic (exact) mass is 297 g/mol. The van der Waals surface area contributed by atoms with Crippen molar-refractivity contribution in [2.75, 3.05) is 13.7 Å². The maximum absolute atomic E-state index is 12.1. The van der Waals surface area contributed by atoms with Crippen molar-refractivity contribution in [2.45, 2.75) is 5.25 Å². The predicted octanol–water partition coefficient (Wildman–Crippen LogP) is 1.68. The first-order valence-corrected chi connectivity index (χ1v) is 6.69. The van der Waals surface area contributed by atoms with Crippen molar-refractivity contribution < 1.29 is 19.4 Å². The second kappa shape index (κ2) is 5.58. The standard InChI is InChI=1S/C12H11NO4S2/c1-17-8-4-2-7(3-5-8)10-11(16)13(6-9(14)15)12(18)19-10/h2-5,10H,6H2,1H3,(H,14,15). The van der Waals surface area contributed by atoms with Crippen LogP contribution < -0.4 is 4.74 Å². The number of nitrogens with zero attached hydrogens (tertiary/aromatic N) is 1. The highest BCUT2D eigenvalue weighted by molar-refractivity contribution is 8.24. The van der Waals surface area contributed by atoms with Gasteiger partial charge in [0.2, 0.25) is 5.91 Å². The van der Waals surface area contributed by atoms with E-state index in [2.05, 4.69) is 0 Å². The fourth-order valence-corrected chi connectivity index (χ4v) is 3.16. The Morgan fingerprint density at radius 3 is 2.63 bits per heavy atom. The Kier molecular flexibility index (Phi) is 4.06. The summed E-state index contributed by atoms with van der Waals surface area (Å²) in [5, 5.41) is 8.28. The number of amides is 1. The van der Waals surface area contributed by atoms with Crippen LogP contribution in [0.2, 0.25) is 0 Å². The molecule has 1 amide bonds. The quantitative estimate of drug-likeness (QED) is 0.853. The molecule has 1 saturated heterocycles. The van der Waals surface area contributed by atoms with Gasteiger partial charge in [-0.1, -0.05) is 36.1 Å². The third-order valence-electron chi connectivity index (χ3n) is 2.64. The summed E-state index contributed by atoms with van der Waals surface area (Å²) in [6.45, 7) is -0.392. The van der Waals surface area contributed by atoms with E-state index in [1.807, 2.05) is 0 Å². The Morgan fingerprint density at radius 1 is 1.47 bits per heavy atom. The Hall–Kier alpha value is -1.60. The lowest BCUT2D eigenvalue weighted by Gasteiger charge is -2.12. The van der Waals surface area contributed by atoms with E-state index >= 15 is 0 Å². The SMILES string of the molecule is COc1ccc(C2SC(=S)N(CC(=O)O)C2=O)cc1. The van der Waals surface area contributed by atoms with Crippen molar-refractivity contribution >= 4 is 40.2 Å². The average molecular weight is 297 g/mol. The predicted molar refractivity (Wildman–Crippen MR) is 75.3 cm³/mol. The Balaban J connectivity index is 2.19. The van der Waals surface area contributed by atoms with Crippen molar-refractivity contribution in [1.82, 2.24) is 4.90 Å². The van der Waals surface area contributed by atoms with Crippen molar-refractivity contribution in [2.24, 2.45) is 0 Å². The van der Waals surface area contributed by atoms with Crippen LogP contribution in [0.25, 0.3) is 0 Å². The number of rotatable bonds is 4. The Labute approximate surface area is 119 Å². The number of carbonyl (C=O) groups excluding carboxylic acids is 1. The number of ether oxygens (including phenoxy) is 1. The average Bonchev–Trinajstić information content (AvgIpc) is 2.66. The summed E-state index contributed by atoms with van der Waals surface area (Å²) in [4.78, 5) is 23.9. The largest absolute Gasteiger partial charge is 0.497 e. The van der Waals surface area contributed by atoms with Crippen LogP contribution in [0.15, 0.2) is 24.3 Å². The van der Waals surface area contributed by atoms with E-state index in [4.69, 9.17) is 22.1 Å². The molecule has 2 rings (SSSR count). The molecule has 1 aromatic rings. The highest BCUT2D eigenvalue weighted by atomic mass is 32.2. The third kappa shape index (κ3) is 2.87. The number of thioether (sulfide) groups is 1. The normalized spacial score (nSPS) is 18.8. The van der Waals surface area contributed by atoms with Crippen molar-refractivity contribution in [3.8, 4) is 5.75 Å². The zero-order chi connectivity index (χ0) is 14.0. The first kappa shape index (κ1) is 13.8. The number of carbonyl (C=O) groups is 2. The molecule has 0 aromatic heterocycles. The third-order valence-corrected chi connectivity index (χ3v) is 4.28. The van der Waals surface area contributed by atoms with Crippen LogP contribution in [0.4, 0.5) is 0 Å². The van der Waals surface area contributed by atoms with Crippen molar-refractivity contribution in [3.05, 3.63) is 29.8 Å². The van der Waals surface area contributed by atoms with E-state index in [1.54, 1.807) is 31.4 Å². The number of aliphatic carboxylic acids is 1. The van der Waals surface area contributed by atoms with Crippen LogP contribution in [-0.4, -0.2) is 39.9 Å². The molecule has 0 spiro atoms. The number of hydrogen-bond acceptors (Lipinski definition) is 5. The number of benzene rings is 1. The van der Waals surface area contributed by atoms with Gasteiger partial charge in [0.1, 0.15) is 21.9 Å². The molecule has 100 valence electrons. The van der Waals surface area contributed by atoms with Crippen LogP contribution in [0.3, 0.4) is 0 Å². The molecular weight excluding hydrogens is 286 g/mol. The Morgan fingerprint density at radius 2 is 2.11 bits per heavy atom. The van der Waals surface area contributed by atoms with Gasteiger partial charge in [-0.25, -0.2) is 0 Å². The highest BCUT2D eigenvalue weighted by Crippen LogP contribution is 2.39. The summed E-state index contributed by atoms with van der Waals surface area (Å²) in [5.41, 5.74) is 0.783. The summed E-state index contributed by atoms with van der Waals surface area (Å²) >= 11 is 6.24. The van der Waals surface area contributed by atoms with Gasteiger partial charge in [-0.05, 0) is 17.7 Å². The molecule has 1 aliphatic rings. The second-order valence-corrected chi connectivity index (χ2v) is 5.59. The lowest BCUT2D eigenvalue weighted by Crippen LogP contribution is -2.34. The molecule has 7 heteroatoms. The minimum absolute atomic E-state index is 0.289. The molecule has 1 atom stereocenters. The van der Waals surface area contributed by atoms with Crippen molar-refractivity contribution in [1.29, 1.82) is 0 Å². The van der Waals surface area contributed by atoms with Crippen LogP contribution in [0.5, 0.6) is 5.75 Å². The molecule has 0 aliphatic carbocycles. The van der Waals surface area contributed by atoms with E-state index in [1.165, 1.54) is 11.8 Å². The van der Waals surface area contributed by atoms with Crippen LogP contribution in [0, 0.1) is 0 Å². The van der Waals surface area contributed by atoms with E-state index < -0.39 is 17.8 Å². The lowest BCUT2D eigenvalue weighted by molar-refractivity contribution is -0.141. The van der Waals surface area contributed by atoms with Crippen LogP contribution in [0.1, 0.15) is 10.8 Å². The number of carboxylic acid groups (broad SMARTS) is 1. The van der Waals surface area contributed by atoms with E-state index in [0.29, 0.717) is 10.1 Å². The summed E-state index contributed by atoms with van der Waals surface area (Å²) < 4.78 is 5.35. The number of hydrogen-bond donors (Lipinski definition) is 1. The first-order valence-electron chi connectivity index (χ1n) is 5.40. The first-order chi connectivity index (χ1) is 9.02. The molecule has 1 fully saturated rings. The van der Waals surface area contributed by atoms with E-state index in [0.717, 1.165) is 10.5 Å². The topological polar surface area (TPSA) is 66.8 Å². The summed E-state index contributed by atoms with van der Waals surface area (Å²) in [5.74, 6) is -0.668. The fraction of sp³-hybridized carbons (Fsp3) is 0.250. The maximum Gasteiger partial charge on any atom is 0.323 e. The van der Waals surface area contributed by atoms with Crippen LogP contribution in [-0.2, 0) is 9.59 Å². The molecule has 1 heterocycles. The molecule has 0 saturated carbocycles. The van der Waals surface area contributed by atoms with Gasteiger partial charge >= 0.3 is 5.97 Å².